The first-order chi connectivity index (χ1) is 30.1. The van der Waals surface area contributed by atoms with Crippen LogP contribution in [0.3, 0.4) is 0 Å². The lowest BCUT2D eigenvalue weighted by molar-refractivity contribution is 0.592. The lowest BCUT2D eigenvalue weighted by atomic mass is 10.1. The zero-order chi connectivity index (χ0) is 40.2. The van der Waals surface area contributed by atoms with Crippen molar-refractivity contribution in [3.8, 4) is 0 Å². The molecule has 4 heterocycles. The number of fused-ring (bicyclic) bond motifs is 10. The molecule has 0 amide bonds. The number of nitrogens with zero attached hydrogens (tertiary/aromatic N) is 3. The zero-order valence-corrected chi connectivity index (χ0v) is 33.5. The fraction of sp³-hybridized carbons (Fsp3) is 0. The summed E-state index contributed by atoms with van der Waals surface area (Å²) in [6.45, 7) is 0. The van der Waals surface area contributed by atoms with E-state index in [0.29, 0.717) is 0 Å². The second-order valence-electron chi connectivity index (χ2n) is 15.7. The Balaban J connectivity index is 1.22. The normalized spacial score (nSPS) is 13.7. The highest BCUT2D eigenvalue weighted by Crippen LogP contribution is 2.63. The Morgan fingerprint density at radius 1 is 0.361 bits per heavy atom. The summed E-state index contributed by atoms with van der Waals surface area (Å²) in [5, 5.41) is 6.15. The van der Waals surface area contributed by atoms with Crippen molar-refractivity contribution < 1.29 is 13.4 Å². The molecule has 61 heavy (non-hydrogen) atoms. The molecule has 7 heteroatoms. The lowest BCUT2D eigenvalue weighted by Crippen LogP contribution is -2.43. The van der Waals surface area contributed by atoms with Crippen LogP contribution in [0, 0.1) is 0 Å². The molecule has 9 aromatic carbocycles. The summed E-state index contributed by atoms with van der Waals surface area (Å²) in [5.41, 5.74) is 11.2. The topological polar surface area (TPSA) is 53.1 Å². The standard InChI is InChI=1S/C54H34N3O3P/c58-61-52-31-42-40-25-13-15-27-48(40)59-50(42)33-44(52)56(37-21-9-3-10-22-37)46-29-39(55(35-17-5-1-6-18-35)36-19-7-2-8-20-36)30-47(54(46)61)57(38-23-11-4-12-24-38)45-34-51-43(32-53(45)61)41-26-14-16-28-49(41)60-51/h1-34H. The number of anilines is 9. The minimum Gasteiger partial charge on any atom is -0.456 e. The van der Waals surface area contributed by atoms with Crippen LogP contribution in [0.25, 0.3) is 43.9 Å². The van der Waals surface area contributed by atoms with Crippen molar-refractivity contribution in [2.75, 3.05) is 14.7 Å². The number of hydrogen-bond acceptors (Lipinski definition) is 6. The summed E-state index contributed by atoms with van der Waals surface area (Å²) < 4.78 is 30.8. The number of benzene rings is 9. The average Bonchev–Trinajstić information content (AvgIpc) is 3.87. The van der Waals surface area contributed by atoms with Crippen LogP contribution in [0.5, 0.6) is 0 Å². The first kappa shape index (κ1) is 34.1. The van der Waals surface area contributed by atoms with Crippen LogP contribution in [-0.2, 0) is 4.57 Å². The van der Waals surface area contributed by atoms with Gasteiger partial charge in [-0.05, 0) is 84.9 Å². The third-order valence-corrected chi connectivity index (χ3v) is 15.4. The first-order valence-electron chi connectivity index (χ1n) is 20.4. The smallest absolute Gasteiger partial charge is 0.179 e. The van der Waals surface area contributed by atoms with Crippen LogP contribution in [0.4, 0.5) is 51.2 Å². The van der Waals surface area contributed by atoms with Crippen LogP contribution in [0.1, 0.15) is 0 Å². The van der Waals surface area contributed by atoms with E-state index in [9.17, 15) is 0 Å². The Hall–Kier alpha value is -7.79. The van der Waals surface area contributed by atoms with E-state index in [-0.39, 0.29) is 0 Å². The highest BCUT2D eigenvalue weighted by atomic mass is 31.2. The van der Waals surface area contributed by atoms with Gasteiger partial charge in [0.25, 0.3) is 0 Å². The summed E-state index contributed by atoms with van der Waals surface area (Å²) in [6, 6.07) is 70.9. The molecule has 0 saturated carbocycles. The molecule has 0 fully saturated rings. The van der Waals surface area contributed by atoms with Crippen molar-refractivity contribution in [2.45, 2.75) is 0 Å². The van der Waals surface area contributed by atoms with Crippen molar-refractivity contribution in [3.63, 3.8) is 0 Å². The molecule has 11 aromatic rings. The third-order valence-electron chi connectivity index (χ3n) is 12.3. The van der Waals surface area contributed by atoms with E-state index < -0.39 is 7.14 Å². The van der Waals surface area contributed by atoms with Gasteiger partial charge in [-0.3, -0.25) is 0 Å². The van der Waals surface area contributed by atoms with Gasteiger partial charge in [-0.1, -0.05) is 109 Å². The fourth-order valence-corrected chi connectivity index (χ4v) is 13.0. The van der Waals surface area contributed by atoms with E-state index in [2.05, 4.69) is 160 Å². The van der Waals surface area contributed by atoms with Crippen molar-refractivity contribution in [2.24, 2.45) is 0 Å². The second-order valence-corrected chi connectivity index (χ2v) is 18.3. The number of furan rings is 2. The maximum Gasteiger partial charge on any atom is 0.179 e. The minimum absolute atomic E-state index is 0.738. The molecule has 2 aliphatic rings. The molecular formula is C54H34N3O3P. The first-order valence-corrected chi connectivity index (χ1v) is 22.2. The van der Waals surface area contributed by atoms with Gasteiger partial charge in [0.1, 0.15) is 22.3 Å². The molecule has 2 aliphatic heterocycles. The van der Waals surface area contributed by atoms with Gasteiger partial charge in [0.2, 0.25) is 0 Å². The van der Waals surface area contributed by atoms with Gasteiger partial charge in [0, 0.05) is 67.0 Å². The van der Waals surface area contributed by atoms with E-state index in [1.54, 1.807) is 0 Å². The van der Waals surface area contributed by atoms with Gasteiger partial charge in [-0.2, -0.15) is 0 Å². The Morgan fingerprint density at radius 3 is 1.20 bits per heavy atom. The molecule has 6 nitrogen and oxygen atoms in total. The van der Waals surface area contributed by atoms with Gasteiger partial charge in [-0.25, -0.2) is 0 Å². The molecule has 2 aromatic heterocycles. The SMILES string of the molecule is O=P12c3cc4c(cc3N(c3ccccc3)c3cc(N(c5ccccc5)c5ccccc5)cc(c31)N(c1ccccc1)c1cc3oc5ccccc5c3cc12)oc1ccccc14. The molecule has 0 aliphatic carbocycles. The number of rotatable bonds is 5. The zero-order valence-electron chi connectivity index (χ0n) is 32.6. The highest BCUT2D eigenvalue weighted by Gasteiger charge is 2.50. The fourth-order valence-electron chi connectivity index (χ4n) is 9.69. The predicted molar refractivity (Wildman–Crippen MR) is 252 cm³/mol. The van der Waals surface area contributed by atoms with E-state index in [1.807, 2.05) is 60.7 Å². The molecule has 0 N–H and O–H groups in total. The van der Waals surface area contributed by atoms with Crippen LogP contribution >= 0.6 is 7.14 Å². The molecule has 13 rings (SSSR count). The van der Waals surface area contributed by atoms with Crippen molar-refractivity contribution in [3.05, 3.63) is 206 Å². The summed E-state index contributed by atoms with van der Waals surface area (Å²) in [4.78, 5) is 6.85. The van der Waals surface area contributed by atoms with E-state index in [1.165, 1.54) is 0 Å². The predicted octanol–water partition coefficient (Wildman–Crippen LogP) is 14.2. The molecule has 0 spiro atoms. The molecule has 0 radical (unpaired) electrons. The monoisotopic (exact) mass is 803 g/mol. The number of para-hydroxylation sites is 6. The van der Waals surface area contributed by atoms with Gasteiger partial charge in [-0.15, -0.1) is 0 Å². The summed E-state index contributed by atoms with van der Waals surface area (Å²) >= 11 is 0. The Morgan fingerprint density at radius 2 is 0.754 bits per heavy atom. The Labute approximate surface area is 351 Å². The van der Waals surface area contributed by atoms with Crippen LogP contribution in [0.2, 0.25) is 0 Å². The lowest BCUT2D eigenvalue weighted by Gasteiger charge is -2.45. The quantitative estimate of drug-likeness (QED) is 0.162. The molecule has 288 valence electrons. The van der Waals surface area contributed by atoms with Gasteiger partial charge in [0.15, 0.2) is 7.14 Å². The van der Waals surface area contributed by atoms with E-state index in [4.69, 9.17) is 8.83 Å². The minimum atomic E-state index is -3.73. The Bertz CT molecular complexity index is 3360. The van der Waals surface area contributed by atoms with Crippen molar-refractivity contribution >= 4 is 118 Å². The summed E-state index contributed by atoms with van der Waals surface area (Å²) in [6.07, 6.45) is 0. The molecular weight excluding hydrogens is 770 g/mol. The summed E-state index contributed by atoms with van der Waals surface area (Å²) in [7, 11) is -3.73. The molecule has 0 atom stereocenters. The third kappa shape index (κ3) is 4.88. The molecule has 0 bridgehead atoms. The van der Waals surface area contributed by atoms with E-state index in [0.717, 1.165) is 111 Å². The van der Waals surface area contributed by atoms with Gasteiger partial charge < -0.3 is 28.1 Å². The molecule has 0 unspecified atom stereocenters. The van der Waals surface area contributed by atoms with Crippen LogP contribution < -0.4 is 30.6 Å². The van der Waals surface area contributed by atoms with Gasteiger partial charge in [0.05, 0.1) is 33.7 Å². The van der Waals surface area contributed by atoms with Gasteiger partial charge >= 0.3 is 0 Å². The maximum atomic E-state index is 17.6. The second kappa shape index (κ2) is 12.9. The largest absolute Gasteiger partial charge is 0.456 e. The van der Waals surface area contributed by atoms with Crippen LogP contribution in [-0.4, -0.2) is 0 Å². The number of hydrogen-bond donors (Lipinski definition) is 0. The van der Waals surface area contributed by atoms with E-state index >= 15 is 4.57 Å². The van der Waals surface area contributed by atoms with Crippen molar-refractivity contribution in [1.29, 1.82) is 0 Å². The maximum absolute atomic E-state index is 17.6. The summed E-state index contributed by atoms with van der Waals surface area (Å²) in [5.74, 6) is 0. The van der Waals surface area contributed by atoms with Crippen molar-refractivity contribution in [1.82, 2.24) is 0 Å². The van der Waals surface area contributed by atoms with Crippen LogP contribution in [0.15, 0.2) is 215 Å². The molecule has 0 saturated heterocycles. The Kier molecular flexibility index (Phi) is 7.19. The average molecular weight is 804 g/mol. The highest BCUT2D eigenvalue weighted by molar-refractivity contribution is 7.86.